The molecule has 0 amide bonds. The van der Waals surface area contributed by atoms with Crippen LogP contribution < -0.4 is 0 Å². The standard InChI is InChI=1S/C10H16O/c1-5-6-4-7(10(6,2)3)9-8(5)11-9/h5-9H,4H2,1-3H3. The van der Waals surface area contributed by atoms with Crippen LogP contribution in [0.4, 0.5) is 0 Å². The second-order valence-electron chi connectivity index (χ2n) is 5.19. The highest BCUT2D eigenvalue weighted by Gasteiger charge is 2.68. The molecule has 62 valence electrons. The maximum atomic E-state index is 5.68. The van der Waals surface area contributed by atoms with Gasteiger partial charge in [0.25, 0.3) is 0 Å². The Kier molecular flexibility index (Phi) is 0.893. The summed E-state index contributed by atoms with van der Waals surface area (Å²) < 4.78 is 5.68. The minimum Gasteiger partial charge on any atom is -0.369 e. The quantitative estimate of drug-likeness (QED) is 0.484. The summed E-state index contributed by atoms with van der Waals surface area (Å²) in [6.07, 6.45) is 2.76. The molecule has 0 aromatic rings. The van der Waals surface area contributed by atoms with Crippen molar-refractivity contribution in [3.8, 4) is 0 Å². The Morgan fingerprint density at radius 1 is 1.18 bits per heavy atom. The minimum atomic E-state index is 0.594. The lowest BCUT2D eigenvalue weighted by atomic mass is 9.46. The monoisotopic (exact) mass is 152 g/mol. The van der Waals surface area contributed by atoms with Gasteiger partial charge < -0.3 is 4.74 Å². The van der Waals surface area contributed by atoms with Gasteiger partial charge in [0.15, 0.2) is 0 Å². The molecule has 3 saturated carbocycles. The SMILES string of the molecule is CC1C2OC2C2CC1C2(C)C. The molecule has 0 spiro atoms. The molecule has 1 saturated heterocycles. The van der Waals surface area contributed by atoms with Crippen molar-refractivity contribution < 1.29 is 4.74 Å². The lowest BCUT2D eigenvalue weighted by Crippen LogP contribution is -2.55. The van der Waals surface area contributed by atoms with Gasteiger partial charge in [-0.1, -0.05) is 20.8 Å². The highest BCUT2D eigenvalue weighted by molar-refractivity contribution is 5.15. The molecule has 0 N–H and O–H groups in total. The van der Waals surface area contributed by atoms with Gasteiger partial charge in [-0.2, -0.15) is 0 Å². The van der Waals surface area contributed by atoms with Gasteiger partial charge in [-0.05, 0) is 29.6 Å². The zero-order valence-corrected chi connectivity index (χ0v) is 7.50. The molecule has 0 radical (unpaired) electrons. The maximum Gasteiger partial charge on any atom is 0.0878 e. The topological polar surface area (TPSA) is 12.5 Å². The van der Waals surface area contributed by atoms with E-state index >= 15 is 0 Å². The molecule has 1 heteroatoms. The first kappa shape index (κ1) is 6.47. The van der Waals surface area contributed by atoms with Crippen molar-refractivity contribution in [2.45, 2.75) is 39.4 Å². The van der Waals surface area contributed by atoms with Crippen LogP contribution >= 0.6 is 0 Å². The highest BCUT2D eigenvalue weighted by atomic mass is 16.6. The largest absolute Gasteiger partial charge is 0.369 e. The molecule has 5 atom stereocenters. The van der Waals surface area contributed by atoms with Crippen LogP contribution in [0.1, 0.15) is 27.2 Å². The van der Waals surface area contributed by atoms with Crippen LogP contribution in [-0.4, -0.2) is 12.2 Å². The number of hydrogen-bond donors (Lipinski definition) is 0. The van der Waals surface area contributed by atoms with Crippen LogP contribution in [0.15, 0.2) is 0 Å². The zero-order chi connectivity index (χ0) is 7.80. The third-order valence-corrected chi connectivity index (χ3v) is 4.53. The van der Waals surface area contributed by atoms with E-state index in [1.807, 2.05) is 0 Å². The lowest BCUT2D eigenvalue weighted by molar-refractivity contribution is -0.0801. The summed E-state index contributed by atoms with van der Waals surface area (Å²) in [5.74, 6) is 2.69. The van der Waals surface area contributed by atoms with Crippen molar-refractivity contribution in [1.29, 1.82) is 0 Å². The van der Waals surface area contributed by atoms with Crippen LogP contribution in [0, 0.1) is 23.2 Å². The van der Waals surface area contributed by atoms with Crippen molar-refractivity contribution in [1.82, 2.24) is 0 Å². The summed E-state index contributed by atoms with van der Waals surface area (Å²) in [5, 5.41) is 0. The Labute approximate surface area is 68.1 Å². The molecule has 4 aliphatic rings. The second-order valence-corrected chi connectivity index (χ2v) is 5.19. The molecular weight excluding hydrogens is 136 g/mol. The Morgan fingerprint density at radius 3 is 2.45 bits per heavy atom. The smallest absolute Gasteiger partial charge is 0.0878 e. The Balaban J connectivity index is 1.96. The average molecular weight is 152 g/mol. The van der Waals surface area contributed by atoms with E-state index in [9.17, 15) is 0 Å². The fourth-order valence-corrected chi connectivity index (χ4v) is 3.56. The van der Waals surface area contributed by atoms with Crippen molar-refractivity contribution >= 4 is 0 Å². The van der Waals surface area contributed by atoms with E-state index in [2.05, 4.69) is 20.8 Å². The Morgan fingerprint density at radius 2 is 1.91 bits per heavy atom. The van der Waals surface area contributed by atoms with Gasteiger partial charge in [-0.25, -0.2) is 0 Å². The zero-order valence-electron chi connectivity index (χ0n) is 7.50. The van der Waals surface area contributed by atoms with Crippen LogP contribution in [0.5, 0.6) is 0 Å². The summed E-state index contributed by atoms with van der Waals surface area (Å²) >= 11 is 0. The Bertz CT molecular complexity index is 209. The fraction of sp³-hybridized carbons (Fsp3) is 1.00. The van der Waals surface area contributed by atoms with Crippen LogP contribution in [-0.2, 0) is 4.74 Å². The predicted molar refractivity (Wildman–Crippen MR) is 43.2 cm³/mol. The third kappa shape index (κ3) is 0.547. The highest BCUT2D eigenvalue weighted by Crippen LogP contribution is 2.67. The number of ether oxygens (including phenoxy) is 1. The van der Waals surface area contributed by atoms with Crippen molar-refractivity contribution in [3.63, 3.8) is 0 Å². The average Bonchev–Trinajstić information content (AvgIpc) is 2.65. The Hall–Kier alpha value is -0.0400. The number of hydrogen-bond acceptors (Lipinski definition) is 1. The van der Waals surface area contributed by atoms with Gasteiger partial charge in [0.05, 0.1) is 12.2 Å². The molecule has 3 aliphatic carbocycles. The molecule has 5 unspecified atom stereocenters. The molecular formula is C10H16O. The van der Waals surface area contributed by atoms with Crippen LogP contribution in [0.3, 0.4) is 0 Å². The van der Waals surface area contributed by atoms with Crippen molar-refractivity contribution in [3.05, 3.63) is 0 Å². The molecule has 2 bridgehead atoms. The summed E-state index contributed by atoms with van der Waals surface area (Å²) in [5.41, 5.74) is 0.594. The van der Waals surface area contributed by atoms with E-state index in [1.54, 1.807) is 0 Å². The second kappa shape index (κ2) is 1.52. The van der Waals surface area contributed by atoms with Crippen molar-refractivity contribution in [2.75, 3.05) is 0 Å². The van der Waals surface area contributed by atoms with Gasteiger partial charge in [0, 0.05) is 0 Å². The van der Waals surface area contributed by atoms with Gasteiger partial charge >= 0.3 is 0 Å². The van der Waals surface area contributed by atoms with E-state index in [0.717, 1.165) is 17.8 Å². The summed E-state index contributed by atoms with van der Waals surface area (Å²) in [6.45, 7) is 7.20. The maximum absolute atomic E-state index is 5.68. The summed E-state index contributed by atoms with van der Waals surface area (Å²) in [4.78, 5) is 0. The molecule has 11 heavy (non-hydrogen) atoms. The van der Waals surface area contributed by atoms with E-state index in [1.165, 1.54) is 6.42 Å². The molecule has 1 nitrogen and oxygen atoms in total. The first-order valence-corrected chi connectivity index (χ1v) is 4.78. The van der Waals surface area contributed by atoms with E-state index in [0.29, 0.717) is 17.6 Å². The molecule has 0 aromatic heterocycles. The summed E-state index contributed by atoms with van der Waals surface area (Å²) in [7, 11) is 0. The first-order valence-electron chi connectivity index (χ1n) is 4.78. The normalized spacial score (nSPS) is 63.0. The summed E-state index contributed by atoms with van der Waals surface area (Å²) in [6, 6.07) is 0. The molecule has 1 aliphatic heterocycles. The molecule has 0 aromatic carbocycles. The van der Waals surface area contributed by atoms with Gasteiger partial charge in [0.2, 0.25) is 0 Å². The van der Waals surface area contributed by atoms with Gasteiger partial charge in [-0.3, -0.25) is 0 Å². The van der Waals surface area contributed by atoms with Crippen LogP contribution in [0.25, 0.3) is 0 Å². The first-order chi connectivity index (χ1) is 5.12. The van der Waals surface area contributed by atoms with E-state index in [-0.39, 0.29) is 0 Å². The van der Waals surface area contributed by atoms with E-state index in [4.69, 9.17) is 4.74 Å². The molecule has 1 heterocycles. The van der Waals surface area contributed by atoms with Gasteiger partial charge in [-0.15, -0.1) is 0 Å². The fourth-order valence-electron chi connectivity index (χ4n) is 3.56. The van der Waals surface area contributed by atoms with E-state index < -0.39 is 0 Å². The number of rotatable bonds is 0. The predicted octanol–water partition coefficient (Wildman–Crippen LogP) is 2.07. The third-order valence-electron chi connectivity index (χ3n) is 4.53. The molecule has 4 fully saturated rings. The molecule has 4 rings (SSSR count). The van der Waals surface area contributed by atoms with Crippen LogP contribution in [0.2, 0.25) is 0 Å². The van der Waals surface area contributed by atoms with Gasteiger partial charge in [0.1, 0.15) is 0 Å². The minimum absolute atomic E-state index is 0.594. The lowest BCUT2D eigenvalue weighted by Gasteiger charge is -2.57. The van der Waals surface area contributed by atoms with Crippen molar-refractivity contribution in [2.24, 2.45) is 23.2 Å². The number of epoxide rings is 1.